The molecule has 1 amide bonds. The molecular formula is C18H27ClN2O2. The molecule has 1 aromatic carbocycles. The van der Waals surface area contributed by atoms with Crippen molar-refractivity contribution in [1.82, 2.24) is 10.6 Å². The van der Waals surface area contributed by atoms with Gasteiger partial charge in [-0.25, -0.2) is 4.79 Å². The van der Waals surface area contributed by atoms with Gasteiger partial charge in [-0.3, -0.25) is 0 Å². The summed E-state index contributed by atoms with van der Waals surface area (Å²) in [7, 11) is 0. The van der Waals surface area contributed by atoms with Crippen LogP contribution < -0.4 is 10.6 Å². The smallest absolute Gasteiger partial charge is 0.407 e. The van der Waals surface area contributed by atoms with Crippen LogP contribution in [-0.4, -0.2) is 24.3 Å². The van der Waals surface area contributed by atoms with E-state index < -0.39 is 5.60 Å². The Hall–Kier alpha value is -1.26. The molecule has 0 aromatic heterocycles. The number of aryl methyl sites for hydroxylation is 1. The van der Waals surface area contributed by atoms with Crippen LogP contribution in [-0.2, 0) is 11.2 Å². The summed E-state index contributed by atoms with van der Waals surface area (Å²) in [4.78, 5) is 11.9. The molecule has 0 aliphatic heterocycles. The number of ether oxygens (including phenoxy) is 1. The number of carbonyl (C=O) groups is 1. The first-order chi connectivity index (χ1) is 10.8. The molecule has 2 atom stereocenters. The molecule has 0 fully saturated rings. The van der Waals surface area contributed by atoms with E-state index in [1.165, 1.54) is 11.1 Å². The molecule has 0 heterocycles. The van der Waals surface area contributed by atoms with Crippen molar-refractivity contribution < 1.29 is 9.53 Å². The van der Waals surface area contributed by atoms with Crippen LogP contribution in [0.1, 0.15) is 57.7 Å². The first-order valence-corrected chi connectivity index (χ1v) is 8.67. The van der Waals surface area contributed by atoms with E-state index in [2.05, 4.69) is 29.7 Å². The number of benzene rings is 1. The maximum atomic E-state index is 11.9. The number of fused-ring (bicyclic) bond motifs is 1. The van der Waals surface area contributed by atoms with Crippen molar-refractivity contribution in [2.75, 3.05) is 6.54 Å². The van der Waals surface area contributed by atoms with Crippen molar-refractivity contribution in [3.8, 4) is 0 Å². The molecule has 2 N–H and O–H groups in total. The molecule has 0 saturated heterocycles. The van der Waals surface area contributed by atoms with Crippen LogP contribution in [0.3, 0.4) is 0 Å². The third-order valence-electron chi connectivity index (χ3n) is 4.01. The zero-order valence-electron chi connectivity index (χ0n) is 14.4. The molecule has 1 aliphatic carbocycles. The van der Waals surface area contributed by atoms with Gasteiger partial charge in [-0.2, -0.15) is 0 Å². The minimum atomic E-state index is -0.473. The second-order valence-corrected chi connectivity index (χ2v) is 7.53. The molecule has 0 spiro atoms. The third-order valence-corrected chi connectivity index (χ3v) is 4.24. The van der Waals surface area contributed by atoms with Gasteiger partial charge in [0, 0.05) is 23.7 Å². The normalized spacial score (nSPS) is 18.4. The minimum absolute atomic E-state index is 0.0567. The quantitative estimate of drug-likeness (QED) is 0.845. The number of hydrogen-bond donors (Lipinski definition) is 2. The molecule has 5 heteroatoms. The highest BCUT2D eigenvalue weighted by molar-refractivity contribution is 6.30. The molecule has 0 bridgehead atoms. The van der Waals surface area contributed by atoms with Gasteiger partial charge >= 0.3 is 6.09 Å². The van der Waals surface area contributed by atoms with E-state index in [4.69, 9.17) is 16.3 Å². The Bertz CT molecular complexity index is 554. The van der Waals surface area contributed by atoms with E-state index in [0.29, 0.717) is 6.04 Å². The second-order valence-electron chi connectivity index (χ2n) is 7.09. The maximum absolute atomic E-state index is 11.9. The average Bonchev–Trinajstić information content (AvgIpc) is 2.83. The monoisotopic (exact) mass is 338 g/mol. The van der Waals surface area contributed by atoms with Crippen molar-refractivity contribution in [1.29, 1.82) is 0 Å². The lowest BCUT2D eigenvalue weighted by Crippen LogP contribution is -2.44. The average molecular weight is 339 g/mol. The summed E-state index contributed by atoms with van der Waals surface area (Å²) < 4.78 is 5.32. The van der Waals surface area contributed by atoms with Gasteiger partial charge in [-0.1, -0.05) is 24.6 Å². The molecule has 4 nitrogen and oxygen atoms in total. The highest BCUT2D eigenvalue weighted by Gasteiger charge is 2.24. The molecule has 1 aromatic rings. The fraction of sp³-hybridized carbons (Fsp3) is 0.611. The van der Waals surface area contributed by atoms with Gasteiger partial charge in [-0.15, -0.1) is 0 Å². The lowest BCUT2D eigenvalue weighted by Gasteiger charge is -2.24. The van der Waals surface area contributed by atoms with Crippen molar-refractivity contribution in [3.63, 3.8) is 0 Å². The molecule has 2 rings (SSSR count). The highest BCUT2D eigenvalue weighted by Crippen LogP contribution is 2.32. The third kappa shape index (κ3) is 5.40. The molecule has 0 saturated carbocycles. The van der Waals surface area contributed by atoms with Gasteiger partial charge in [-0.05, 0) is 63.3 Å². The molecule has 1 aliphatic rings. The van der Waals surface area contributed by atoms with Crippen LogP contribution in [0.15, 0.2) is 18.2 Å². The molecule has 0 radical (unpaired) electrons. The summed E-state index contributed by atoms with van der Waals surface area (Å²) in [5, 5.41) is 7.29. The van der Waals surface area contributed by atoms with Crippen LogP contribution in [0.5, 0.6) is 0 Å². The molecule has 128 valence electrons. The van der Waals surface area contributed by atoms with Crippen LogP contribution in [0, 0.1) is 0 Å². The van der Waals surface area contributed by atoms with Crippen LogP contribution in [0.4, 0.5) is 4.79 Å². The van der Waals surface area contributed by atoms with Gasteiger partial charge < -0.3 is 15.4 Å². The van der Waals surface area contributed by atoms with Crippen molar-refractivity contribution in [3.05, 3.63) is 34.3 Å². The van der Waals surface area contributed by atoms with Gasteiger partial charge in [0.1, 0.15) is 5.60 Å². The van der Waals surface area contributed by atoms with Gasteiger partial charge in [0.2, 0.25) is 0 Å². The zero-order chi connectivity index (χ0) is 17.0. The first-order valence-electron chi connectivity index (χ1n) is 8.29. The summed E-state index contributed by atoms with van der Waals surface area (Å²) in [6.45, 7) is 8.39. The number of carbonyl (C=O) groups excluding carboxylic acids is 1. The highest BCUT2D eigenvalue weighted by atomic mass is 35.5. The van der Waals surface area contributed by atoms with Gasteiger partial charge in [0.25, 0.3) is 0 Å². The Balaban J connectivity index is 1.86. The maximum Gasteiger partial charge on any atom is 0.407 e. The minimum Gasteiger partial charge on any atom is -0.444 e. The van der Waals surface area contributed by atoms with Gasteiger partial charge in [0.15, 0.2) is 0 Å². The Labute approximate surface area is 143 Å². The summed E-state index contributed by atoms with van der Waals surface area (Å²) >= 11 is 6.05. The largest absolute Gasteiger partial charge is 0.444 e. The fourth-order valence-electron chi connectivity index (χ4n) is 2.85. The van der Waals surface area contributed by atoms with Crippen LogP contribution in [0.2, 0.25) is 5.02 Å². The van der Waals surface area contributed by atoms with Gasteiger partial charge in [0.05, 0.1) is 0 Å². The van der Waals surface area contributed by atoms with E-state index in [9.17, 15) is 4.79 Å². The lowest BCUT2D eigenvalue weighted by atomic mass is 10.1. The second kappa shape index (κ2) is 7.54. The number of alkyl carbamates (subject to hydrolysis) is 1. The van der Waals surface area contributed by atoms with E-state index in [0.717, 1.165) is 30.8 Å². The van der Waals surface area contributed by atoms with E-state index in [1.54, 1.807) is 0 Å². The van der Waals surface area contributed by atoms with Crippen molar-refractivity contribution >= 4 is 17.7 Å². The fourth-order valence-corrected chi connectivity index (χ4v) is 3.05. The Kier molecular flexibility index (Phi) is 5.93. The van der Waals surface area contributed by atoms with Crippen molar-refractivity contribution in [2.45, 2.75) is 64.6 Å². The van der Waals surface area contributed by atoms with E-state index in [1.807, 2.05) is 26.8 Å². The zero-order valence-corrected chi connectivity index (χ0v) is 15.2. The molecular weight excluding hydrogens is 312 g/mol. The number of halogens is 1. The summed E-state index contributed by atoms with van der Waals surface area (Å²) in [6, 6.07) is 6.48. The topological polar surface area (TPSA) is 50.4 Å². The van der Waals surface area contributed by atoms with E-state index in [-0.39, 0.29) is 12.1 Å². The van der Waals surface area contributed by atoms with Crippen LogP contribution in [0.25, 0.3) is 0 Å². The van der Waals surface area contributed by atoms with Crippen LogP contribution >= 0.6 is 11.6 Å². The predicted octanol–water partition coefficient (Wildman–Crippen LogP) is 4.22. The number of hydrogen-bond acceptors (Lipinski definition) is 3. The summed E-state index contributed by atoms with van der Waals surface area (Å²) in [5.41, 5.74) is 2.17. The predicted molar refractivity (Wildman–Crippen MR) is 94.0 cm³/mol. The molecule has 23 heavy (non-hydrogen) atoms. The number of rotatable bonds is 5. The van der Waals surface area contributed by atoms with Crippen molar-refractivity contribution in [2.24, 2.45) is 0 Å². The molecule has 2 unspecified atom stereocenters. The Morgan fingerprint density at radius 2 is 2.17 bits per heavy atom. The number of nitrogens with one attached hydrogen (secondary N) is 2. The Morgan fingerprint density at radius 3 is 2.83 bits per heavy atom. The first kappa shape index (κ1) is 18.1. The lowest BCUT2D eigenvalue weighted by molar-refractivity contribution is 0.0502. The van der Waals surface area contributed by atoms with E-state index >= 15 is 0 Å². The summed E-state index contributed by atoms with van der Waals surface area (Å²) in [6.07, 6.45) is 2.61. The summed E-state index contributed by atoms with van der Waals surface area (Å²) in [5.74, 6) is 0. The standard InChI is InChI=1S/C18H27ClN2O2/c1-5-14(21-17(22)23-18(2,3)4)11-20-16-9-6-12-10-13(19)7-8-15(12)16/h7-8,10,14,16,20H,5-6,9,11H2,1-4H3,(H,21,22). The number of amides is 1. The SMILES string of the molecule is CCC(CNC1CCc2cc(Cl)ccc21)NC(=O)OC(C)(C)C. The Morgan fingerprint density at radius 1 is 1.43 bits per heavy atom.